The molecule has 1 aliphatic heterocycles. The van der Waals surface area contributed by atoms with Crippen LogP contribution in [0.25, 0.3) is 0 Å². The smallest absolute Gasteiger partial charge is 0.192 e. The number of aromatic nitrogens is 1. The second kappa shape index (κ2) is 6.81. The molecule has 1 fully saturated rings. The molecule has 1 saturated heterocycles. The average Bonchev–Trinajstić information content (AvgIpc) is 2.45. The van der Waals surface area contributed by atoms with E-state index in [-0.39, 0.29) is 0 Å². The summed E-state index contributed by atoms with van der Waals surface area (Å²) < 4.78 is 0. The van der Waals surface area contributed by atoms with Gasteiger partial charge in [0.15, 0.2) is 5.50 Å². The minimum absolute atomic E-state index is 0.742. The van der Waals surface area contributed by atoms with Crippen LogP contribution in [0, 0.1) is 4.91 Å². The van der Waals surface area contributed by atoms with E-state index in [4.69, 9.17) is 11.6 Å². The molecule has 0 amide bonds. The van der Waals surface area contributed by atoms with E-state index < -0.39 is 5.50 Å². The number of piperidine rings is 1. The van der Waals surface area contributed by atoms with E-state index in [1.165, 1.54) is 32.4 Å². The highest BCUT2D eigenvalue weighted by Gasteiger charge is 2.15. The number of pyridine rings is 1. The third kappa shape index (κ3) is 3.50. The minimum Gasteiger partial charge on any atom is -0.303 e. The summed E-state index contributed by atoms with van der Waals surface area (Å²) in [5, 5.41) is 2.88. The van der Waals surface area contributed by atoms with Crippen LogP contribution in [0.15, 0.2) is 23.5 Å². The maximum atomic E-state index is 10.5. The molecule has 0 radical (unpaired) electrons. The third-order valence-electron chi connectivity index (χ3n) is 3.39. The van der Waals surface area contributed by atoms with E-state index in [0.29, 0.717) is 0 Å². The normalized spacial score (nSPS) is 18.5. The quantitative estimate of drug-likeness (QED) is 0.468. The number of hydrogen-bond acceptors (Lipinski definition) is 4. The number of hydrogen-bond donors (Lipinski definition) is 0. The summed E-state index contributed by atoms with van der Waals surface area (Å²) in [5.41, 5.74) is 0.809. The van der Waals surface area contributed by atoms with Gasteiger partial charge in [0.25, 0.3) is 0 Å². The first-order valence-corrected chi connectivity index (χ1v) is 6.87. The summed E-state index contributed by atoms with van der Waals surface area (Å²) in [6, 6.07) is 3.62. The van der Waals surface area contributed by atoms with Crippen molar-refractivity contribution in [2.45, 2.75) is 31.2 Å². The Morgan fingerprint density at radius 3 is 2.89 bits per heavy atom. The van der Waals surface area contributed by atoms with E-state index in [9.17, 15) is 4.91 Å². The maximum Gasteiger partial charge on any atom is 0.192 e. The zero-order valence-electron chi connectivity index (χ0n) is 10.4. The molecule has 2 rings (SSSR count). The molecule has 0 spiro atoms. The Morgan fingerprint density at radius 1 is 1.39 bits per heavy atom. The van der Waals surface area contributed by atoms with Crippen molar-refractivity contribution in [2.24, 2.45) is 5.18 Å². The van der Waals surface area contributed by atoms with Gasteiger partial charge in [0.2, 0.25) is 0 Å². The van der Waals surface area contributed by atoms with Crippen LogP contribution in [0.5, 0.6) is 0 Å². The van der Waals surface area contributed by atoms with Crippen molar-refractivity contribution >= 4 is 11.6 Å². The van der Waals surface area contributed by atoms with E-state index >= 15 is 0 Å². The second-order valence-corrected chi connectivity index (χ2v) is 5.05. The van der Waals surface area contributed by atoms with Crippen molar-refractivity contribution in [3.05, 3.63) is 34.5 Å². The van der Waals surface area contributed by atoms with E-state index in [1.54, 1.807) is 12.3 Å². The highest BCUT2D eigenvalue weighted by Crippen LogP contribution is 2.24. The van der Waals surface area contributed by atoms with Crippen molar-refractivity contribution in [3.8, 4) is 0 Å². The van der Waals surface area contributed by atoms with Gasteiger partial charge in [0.05, 0.1) is 0 Å². The summed E-state index contributed by atoms with van der Waals surface area (Å²) >= 11 is 5.88. The Labute approximate surface area is 112 Å². The molecule has 98 valence electrons. The monoisotopic (exact) mass is 267 g/mol. The lowest BCUT2D eigenvalue weighted by atomic mass is 10.1. The van der Waals surface area contributed by atoms with Crippen LogP contribution in [0.2, 0.25) is 0 Å². The summed E-state index contributed by atoms with van der Waals surface area (Å²) in [6.45, 7) is 3.31. The summed E-state index contributed by atoms with van der Waals surface area (Å²) in [5.74, 6) is 0. The Hall–Kier alpha value is -1.00. The van der Waals surface area contributed by atoms with E-state index in [2.05, 4.69) is 15.1 Å². The molecule has 5 heteroatoms. The van der Waals surface area contributed by atoms with Crippen molar-refractivity contribution in [1.82, 2.24) is 9.88 Å². The molecule has 0 aliphatic carbocycles. The number of alkyl halides is 1. The third-order valence-corrected chi connectivity index (χ3v) is 3.70. The maximum absolute atomic E-state index is 10.5. The van der Waals surface area contributed by atoms with Crippen LogP contribution < -0.4 is 0 Å². The number of likely N-dealkylation sites (tertiary alicyclic amines) is 1. The molecule has 0 aromatic carbocycles. The number of nitroso groups, excluding NO2 is 1. The largest absolute Gasteiger partial charge is 0.303 e. The lowest BCUT2D eigenvalue weighted by Crippen LogP contribution is -2.31. The Kier molecular flexibility index (Phi) is 5.08. The molecule has 2 heterocycles. The molecule has 1 aliphatic rings. The van der Waals surface area contributed by atoms with E-state index in [0.717, 1.165) is 24.2 Å². The molecule has 18 heavy (non-hydrogen) atoms. The Morgan fingerprint density at radius 2 is 2.17 bits per heavy atom. The first-order valence-electron chi connectivity index (χ1n) is 6.44. The van der Waals surface area contributed by atoms with Gasteiger partial charge in [-0.05, 0) is 37.2 Å². The van der Waals surface area contributed by atoms with Crippen molar-refractivity contribution < 1.29 is 0 Å². The van der Waals surface area contributed by atoms with Crippen LogP contribution in [-0.2, 0) is 6.42 Å². The fourth-order valence-electron chi connectivity index (χ4n) is 2.38. The predicted octanol–water partition coefficient (Wildman–Crippen LogP) is 3.11. The molecule has 1 aromatic heterocycles. The Bertz CT molecular complexity index is 394. The second-order valence-electron chi connectivity index (χ2n) is 4.63. The summed E-state index contributed by atoms with van der Waals surface area (Å²) in [4.78, 5) is 17.3. The van der Waals surface area contributed by atoms with Gasteiger partial charge in [-0.3, -0.25) is 4.98 Å². The van der Waals surface area contributed by atoms with Crippen molar-refractivity contribution in [3.63, 3.8) is 0 Å². The number of nitrogens with zero attached hydrogens (tertiary/aromatic N) is 3. The highest BCUT2D eigenvalue weighted by molar-refractivity contribution is 6.20. The van der Waals surface area contributed by atoms with Crippen LogP contribution in [0.4, 0.5) is 0 Å². The van der Waals surface area contributed by atoms with Crippen LogP contribution in [0.1, 0.15) is 36.0 Å². The van der Waals surface area contributed by atoms with Crippen LogP contribution >= 0.6 is 11.6 Å². The fraction of sp³-hybridized carbons (Fsp3) is 0.615. The van der Waals surface area contributed by atoms with Gasteiger partial charge < -0.3 is 4.90 Å². The molecule has 1 unspecified atom stereocenters. The first kappa shape index (κ1) is 13.4. The molecular weight excluding hydrogens is 250 g/mol. The van der Waals surface area contributed by atoms with Gasteiger partial charge in [0.1, 0.15) is 0 Å². The topological polar surface area (TPSA) is 45.6 Å². The fourth-order valence-corrected chi connectivity index (χ4v) is 2.58. The zero-order chi connectivity index (χ0) is 12.8. The van der Waals surface area contributed by atoms with Crippen LogP contribution in [-0.4, -0.2) is 29.5 Å². The zero-order valence-corrected chi connectivity index (χ0v) is 11.1. The highest BCUT2D eigenvalue weighted by atomic mass is 35.5. The predicted molar refractivity (Wildman–Crippen MR) is 72.6 cm³/mol. The number of halogens is 1. The Balaban J connectivity index is 1.97. The lowest BCUT2D eigenvalue weighted by Gasteiger charge is -2.26. The van der Waals surface area contributed by atoms with Gasteiger partial charge in [-0.25, -0.2) is 0 Å². The number of rotatable bonds is 5. The molecular formula is C13H18ClN3O. The molecule has 0 N–H and O–H groups in total. The lowest BCUT2D eigenvalue weighted by molar-refractivity contribution is 0.230. The molecule has 1 aromatic rings. The first-order chi connectivity index (χ1) is 8.81. The molecule has 1 atom stereocenters. The minimum atomic E-state index is -0.824. The van der Waals surface area contributed by atoms with Gasteiger partial charge in [-0.1, -0.05) is 24.1 Å². The molecule has 4 nitrogen and oxygen atoms in total. The van der Waals surface area contributed by atoms with Gasteiger partial charge in [-0.2, -0.15) is 0 Å². The summed E-state index contributed by atoms with van der Waals surface area (Å²) in [7, 11) is 0. The van der Waals surface area contributed by atoms with Crippen molar-refractivity contribution in [2.75, 3.05) is 19.6 Å². The summed E-state index contributed by atoms with van der Waals surface area (Å²) in [6.07, 6.45) is 6.47. The van der Waals surface area contributed by atoms with E-state index in [1.807, 2.05) is 6.07 Å². The molecule has 0 bridgehead atoms. The van der Waals surface area contributed by atoms with Gasteiger partial charge >= 0.3 is 0 Å². The standard InChI is InChI=1S/C13H18ClN3O/c14-13(16-18)11-5-4-7-15-12(11)6-10-17-8-2-1-3-9-17/h4-5,7,13H,1-3,6,8-10H2. The molecule has 0 saturated carbocycles. The van der Waals surface area contributed by atoms with Crippen LogP contribution in [0.3, 0.4) is 0 Å². The average molecular weight is 268 g/mol. The van der Waals surface area contributed by atoms with Gasteiger partial charge in [0, 0.05) is 30.4 Å². The van der Waals surface area contributed by atoms with Crippen molar-refractivity contribution in [1.29, 1.82) is 0 Å². The SMILES string of the molecule is O=NC(Cl)c1cccnc1CCN1CCCCC1. The van der Waals surface area contributed by atoms with Gasteiger partial charge in [-0.15, -0.1) is 4.91 Å².